The van der Waals surface area contributed by atoms with Gasteiger partial charge in [-0.25, -0.2) is 0 Å². The Labute approximate surface area is 66.5 Å². The van der Waals surface area contributed by atoms with Crippen molar-refractivity contribution in [2.45, 2.75) is 32.1 Å². The molecule has 0 unspecified atom stereocenters. The number of amidine groups is 1. The zero-order chi connectivity index (χ0) is 8.69. The Bertz CT molecular complexity index is 129. The molecule has 0 aliphatic carbocycles. The molecule has 0 atom stereocenters. The summed E-state index contributed by atoms with van der Waals surface area (Å²) >= 11 is 0. The number of hydrogen-bond donors (Lipinski definition) is 3. The number of rotatable bonds is 6. The first-order chi connectivity index (χ1) is 5.13. The molecule has 0 aromatic rings. The van der Waals surface area contributed by atoms with Gasteiger partial charge in [-0.2, -0.15) is 0 Å². The van der Waals surface area contributed by atoms with E-state index in [1.54, 1.807) is 0 Å². The average molecular weight is 157 g/mol. The summed E-state index contributed by atoms with van der Waals surface area (Å²) in [7, 11) is 0. The molecule has 4 nitrogen and oxygen atoms in total. The van der Waals surface area contributed by atoms with Crippen LogP contribution in [0.2, 0.25) is 0 Å². The zero-order valence-corrected chi connectivity index (χ0v) is 6.60. The average Bonchev–Trinajstić information content (AvgIpc) is 1.85. The topological polar surface area (TPSA) is 93.0 Å². The van der Waals surface area contributed by atoms with Crippen molar-refractivity contribution >= 4 is 11.7 Å². The van der Waals surface area contributed by atoms with Crippen LogP contribution in [0.1, 0.15) is 32.1 Å². The summed E-state index contributed by atoms with van der Waals surface area (Å²) in [5, 5.41) is 6.90. The lowest BCUT2D eigenvalue weighted by atomic mass is 10.1. The molecule has 0 heterocycles. The second-order valence-electron chi connectivity index (χ2n) is 2.55. The highest BCUT2D eigenvalue weighted by Gasteiger charge is 1.94. The molecule has 1 amide bonds. The highest BCUT2D eigenvalue weighted by molar-refractivity contribution is 5.76. The van der Waals surface area contributed by atoms with E-state index in [1.165, 1.54) is 0 Å². The van der Waals surface area contributed by atoms with E-state index < -0.39 is 0 Å². The Morgan fingerprint density at radius 1 is 1.09 bits per heavy atom. The molecule has 0 aliphatic heterocycles. The molecular weight excluding hydrogens is 142 g/mol. The number of hydrogen-bond acceptors (Lipinski definition) is 2. The monoisotopic (exact) mass is 157 g/mol. The highest BCUT2D eigenvalue weighted by Crippen LogP contribution is 2.01. The van der Waals surface area contributed by atoms with Crippen molar-refractivity contribution in [3.05, 3.63) is 0 Å². The van der Waals surface area contributed by atoms with Gasteiger partial charge in [-0.1, -0.05) is 6.42 Å². The molecule has 0 saturated carbocycles. The predicted molar refractivity (Wildman–Crippen MR) is 44.2 cm³/mol. The van der Waals surface area contributed by atoms with Gasteiger partial charge in [-0.3, -0.25) is 10.2 Å². The molecule has 0 rings (SSSR count). The Kier molecular flexibility index (Phi) is 5.15. The Balaban J connectivity index is 3.03. The number of nitrogens with two attached hydrogens (primary N) is 2. The van der Waals surface area contributed by atoms with E-state index in [2.05, 4.69) is 0 Å². The van der Waals surface area contributed by atoms with Crippen molar-refractivity contribution in [2.75, 3.05) is 0 Å². The van der Waals surface area contributed by atoms with Crippen molar-refractivity contribution in [3.63, 3.8) is 0 Å². The molecule has 64 valence electrons. The second-order valence-corrected chi connectivity index (χ2v) is 2.55. The van der Waals surface area contributed by atoms with Gasteiger partial charge < -0.3 is 11.5 Å². The fourth-order valence-electron chi connectivity index (χ4n) is 0.791. The first-order valence-electron chi connectivity index (χ1n) is 3.74. The highest BCUT2D eigenvalue weighted by atomic mass is 16.1. The Hall–Kier alpha value is -1.06. The first kappa shape index (κ1) is 9.94. The van der Waals surface area contributed by atoms with Gasteiger partial charge in [0.15, 0.2) is 0 Å². The summed E-state index contributed by atoms with van der Waals surface area (Å²) in [5.74, 6) is -0.0445. The number of carbonyl (C=O) groups is 1. The van der Waals surface area contributed by atoms with Crippen LogP contribution in [0.4, 0.5) is 0 Å². The third kappa shape index (κ3) is 8.94. The molecule has 5 N–H and O–H groups in total. The van der Waals surface area contributed by atoms with E-state index >= 15 is 0 Å². The third-order valence-corrected chi connectivity index (χ3v) is 1.37. The van der Waals surface area contributed by atoms with Crippen molar-refractivity contribution in [1.29, 1.82) is 5.41 Å². The molecule has 0 aromatic heterocycles. The zero-order valence-electron chi connectivity index (χ0n) is 6.60. The summed E-state index contributed by atoms with van der Waals surface area (Å²) < 4.78 is 0. The first-order valence-corrected chi connectivity index (χ1v) is 3.74. The summed E-state index contributed by atoms with van der Waals surface area (Å²) in [6.07, 6.45) is 3.67. The minimum absolute atomic E-state index is 0.212. The normalized spacial score (nSPS) is 9.45. The molecule has 11 heavy (non-hydrogen) atoms. The third-order valence-electron chi connectivity index (χ3n) is 1.37. The largest absolute Gasteiger partial charge is 0.388 e. The van der Waals surface area contributed by atoms with Crippen LogP contribution in [0.3, 0.4) is 0 Å². The van der Waals surface area contributed by atoms with Gasteiger partial charge in [0.1, 0.15) is 0 Å². The van der Waals surface area contributed by atoms with Gasteiger partial charge in [-0.05, 0) is 12.8 Å². The Morgan fingerprint density at radius 3 is 2.09 bits per heavy atom. The van der Waals surface area contributed by atoms with Crippen LogP contribution < -0.4 is 11.5 Å². The molecule has 0 radical (unpaired) electrons. The molecule has 0 aromatic carbocycles. The van der Waals surface area contributed by atoms with Crippen molar-refractivity contribution in [2.24, 2.45) is 11.5 Å². The smallest absolute Gasteiger partial charge is 0.217 e. The lowest BCUT2D eigenvalue weighted by molar-refractivity contribution is -0.118. The molecule has 0 bridgehead atoms. The molecular formula is C7H15N3O. The van der Waals surface area contributed by atoms with Crippen LogP contribution in [-0.2, 0) is 4.79 Å². The van der Waals surface area contributed by atoms with E-state index in [-0.39, 0.29) is 11.7 Å². The van der Waals surface area contributed by atoms with Gasteiger partial charge in [0.25, 0.3) is 0 Å². The van der Waals surface area contributed by atoms with Crippen molar-refractivity contribution < 1.29 is 4.79 Å². The molecule has 4 heteroatoms. The number of primary amides is 1. The number of carbonyl (C=O) groups excluding carboxylic acids is 1. The summed E-state index contributed by atoms with van der Waals surface area (Å²) in [4.78, 5) is 10.3. The summed E-state index contributed by atoms with van der Waals surface area (Å²) in [6, 6.07) is 0. The predicted octanol–water partition coefficient (Wildman–Crippen LogP) is 0.358. The maximum absolute atomic E-state index is 10.3. The van der Waals surface area contributed by atoms with Gasteiger partial charge >= 0.3 is 0 Å². The second kappa shape index (κ2) is 5.70. The fraction of sp³-hybridized carbons (Fsp3) is 0.714. The van der Waals surface area contributed by atoms with E-state index in [4.69, 9.17) is 16.9 Å². The van der Waals surface area contributed by atoms with Crippen LogP contribution in [0.25, 0.3) is 0 Å². The van der Waals surface area contributed by atoms with E-state index in [1.807, 2.05) is 0 Å². The van der Waals surface area contributed by atoms with Gasteiger partial charge in [-0.15, -0.1) is 0 Å². The standard InChI is InChI=1S/C7H15N3O/c8-6(9)4-2-1-3-5-7(10)11/h1-5H2,(H3,8,9)(H2,10,11). The van der Waals surface area contributed by atoms with Crippen LogP contribution in [0.15, 0.2) is 0 Å². The molecule has 0 aliphatic rings. The minimum Gasteiger partial charge on any atom is -0.388 e. The van der Waals surface area contributed by atoms with Gasteiger partial charge in [0, 0.05) is 12.8 Å². The lowest BCUT2D eigenvalue weighted by Crippen LogP contribution is -2.10. The maximum atomic E-state index is 10.3. The molecule has 0 saturated heterocycles. The van der Waals surface area contributed by atoms with Crippen LogP contribution in [-0.4, -0.2) is 11.7 Å². The minimum atomic E-state index is -0.257. The van der Waals surface area contributed by atoms with Crippen molar-refractivity contribution in [1.82, 2.24) is 0 Å². The van der Waals surface area contributed by atoms with Crippen LogP contribution in [0, 0.1) is 5.41 Å². The van der Waals surface area contributed by atoms with Crippen LogP contribution in [0.5, 0.6) is 0 Å². The summed E-state index contributed by atoms with van der Waals surface area (Å²) in [5.41, 5.74) is 10.1. The fourth-order valence-corrected chi connectivity index (χ4v) is 0.791. The number of nitrogens with one attached hydrogen (secondary N) is 1. The van der Waals surface area contributed by atoms with Gasteiger partial charge in [0.2, 0.25) is 5.91 Å². The van der Waals surface area contributed by atoms with Gasteiger partial charge in [0.05, 0.1) is 5.84 Å². The molecule has 0 fully saturated rings. The number of amides is 1. The SMILES string of the molecule is N=C(N)CCCCCC(N)=O. The molecule has 0 spiro atoms. The lowest BCUT2D eigenvalue weighted by Gasteiger charge is -1.97. The number of unbranched alkanes of at least 4 members (excludes halogenated alkanes) is 2. The quantitative estimate of drug-likeness (QED) is 0.295. The van der Waals surface area contributed by atoms with Crippen molar-refractivity contribution in [3.8, 4) is 0 Å². The van der Waals surface area contributed by atoms with E-state index in [0.29, 0.717) is 12.8 Å². The maximum Gasteiger partial charge on any atom is 0.217 e. The summed E-state index contributed by atoms with van der Waals surface area (Å²) in [6.45, 7) is 0. The van der Waals surface area contributed by atoms with Crippen LogP contribution >= 0.6 is 0 Å². The van der Waals surface area contributed by atoms with E-state index in [0.717, 1.165) is 19.3 Å². The van der Waals surface area contributed by atoms with E-state index in [9.17, 15) is 4.79 Å². The Morgan fingerprint density at radius 2 is 1.64 bits per heavy atom.